The van der Waals surface area contributed by atoms with Crippen molar-refractivity contribution in [1.82, 2.24) is 20.4 Å². The zero-order chi connectivity index (χ0) is 13.0. The van der Waals surface area contributed by atoms with Crippen LogP contribution in [0.3, 0.4) is 0 Å². The summed E-state index contributed by atoms with van der Waals surface area (Å²) < 4.78 is 0. The fraction of sp³-hybridized carbons (Fsp3) is 0.400. The van der Waals surface area contributed by atoms with Crippen LogP contribution in [0.4, 0.5) is 5.82 Å². The van der Waals surface area contributed by atoms with Crippen molar-refractivity contribution in [1.29, 1.82) is 0 Å². The quantitative estimate of drug-likeness (QED) is 0.445. The number of nitrogens with two attached hydrogens (primary N) is 1. The van der Waals surface area contributed by atoms with Gasteiger partial charge in [0.05, 0.1) is 0 Å². The summed E-state index contributed by atoms with van der Waals surface area (Å²) in [6.07, 6.45) is 0.307. The molecule has 1 aliphatic heterocycles. The van der Waals surface area contributed by atoms with Gasteiger partial charge in [-0.15, -0.1) is 10.2 Å². The fourth-order valence-electron chi connectivity index (χ4n) is 1.66. The summed E-state index contributed by atoms with van der Waals surface area (Å²) in [4.78, 5) is 24.8. The molecule has 8 heteroatoms. The molecule has 18 heavy (non-hydrogen) atoms. The molecule has 0 aromatic carbocycles. The molecule has 0 atom stereocenters. The Hall–Kier alpha value is -2.22. The van der Waals surface area contributed by atoms with Crippen molar-refractivity contribution in [3.05, 3.63) is 17.8 Å². The Balaban J connectivity index is 2.07. The van der Waals surface area contributed by atoms with E-state index in [1.165, 1.54) is 0 Å². The van der Waals surface area contributed by atoms with Gasteiger partial charge in [0, 0.05) is 26.1 Å². The highest BCUT2D eigenvalue weighted by Crippen LogP contribution is 2.06. The van der Waals surface area contributed by atoms with E-state index in [9.17, 15) is 9.59 Å². The number of anilines is 1. The van der Waals surface area contributed by atoms with Gasteiger partial charge in [0.25, 0.3) is 5.91 Å². The number of amides is 2. The Kier molecular flexibility index (Phi) is 3.68. The van der Waals surface area contributed by atoms with Crippen molar-refractivity contribution < 1.29 is 9.59 Å². The molecule has 2 heterocycles. The highest BCUT2D eigenvalue weighted by atomic mass is 16.2. The minimum atomic E-state index is -0.234. The predicted octanol–water partition coefficient (Wildman–Crippen LogP) is -1.28. The molecular weight excluding hydrogens is 236 g/mol. The number of aromatic nitrogens is 2. The Morgan fingerprint density at radius 1 is 1.39 bits per heavy atom. The second-order valence-corrected chi connectivity index (χ2v) is 3.84. The van der Waals surface area contributed by atoms with Crippen LogP contribution in [0.25, 0.3) is 0 Å². The van der Waals surface area contributed by atoms with Crippen LogP contribution in [0.5, 0.6) is 0 Å². The van der Waals surface area contributed by atoms with E-state index in [2.05, 4.69) is 20.9 Å². The van der Waals surface area contributed by atoms with E-state index < -0.39 is 0 Å². The van der Waals surface area contributed by atoms with E-state index in [1.807, 2.05) is 0 Å². The summed E-state index contributed by atoms with van der Waals surface area (Å²) in [6.45, 7) is 1.33. The van der Waals surface area contributed by atoms with Crippen molar-refractivity contribution in [3.8, 4) is 0 Å². The lowest BCUT2D eigenvalue weighted by Crippen LogP contribution is -2.34. The molecule has 2 rings (SSSR count). The number of carbonyl (C=O) groups is 2. The van der Waals surface area contributed by atoms with Gasteiger partial charge in [-0.3, -0.25) is 9.59 Å². The van der Waals surface area contributed by atoms with Gasteiger partial charge in [-0.1, -0.05) is 0 Å². The average Bonchev–Trinajstić information content (AvgIpc) is 2.63. The van der Waals surface area contributed by atoms with Crippen LogP contribution in [0, 0.1) is 0 Å². The Morgan fingerprint density at radius 3 is 2.89 bits per heavy atom. The predicted molar refractivity (Wildman–Crippen MR) is 63.4 cm³/mol. The van der Waals surface area contributed by atoms with Crippen molar-refractivity contribution in [2.45, 2.75) is 6.42 Å². The topological polar surface area (TPSA) is 113 Å². The Morgan fingerprint density at radius 2 is 2.22 bits per heavy atom. The van der Waals surface area contributed by atoms with Crippen LogP contribution in [0.2, 0.25) is 0 Å². The molecule has 0 unspecified atom stereocenters. The van der Waals surface area contributed by atoms with Gasteiger partial charge in [0.15, 0.2) is 11.5 Å². The van der Waals surface area contributed by atoms with Gasteiger partial charge in [-0.2, -0.15) is 0 Å². The van der Waals surface area contributed by atoms with Crippen LogP contribution >= 0.6 is 0 Å². The normalized spacial score (nSPS) is 15.8. The standard InChI is InChI=1S/C10H14N6O2/c11-13-8-2-1-7(14-15-8)10(18)16-5-3-9(17)12-4-6-16/h1-2H,3-6,11H2,(H,12,17)(H,13,15). The van der Waals surface area contributed by atoms with Gasteiger partial charge in [0.2, 0.25) is 5.91 Å². The minimum Gasteiger partial charge on any atom is -0.354 e. The second-order valence-electron chi connectivity index (χ2n) is 3.84. The van der Waals surface area contributed by atoms with E-state index >= 15 is 0 Å². The van der Waals surface area contributed by atoms with Gasteiger partial charge >= 0.3 is 0 Å². The number of nitrogens with one attached hydrogen (secondary N) is 2. The van der Waals surface area contributed by atoms with E-state index in [-0.39, 0.29) is 17.5 Å². The smallest absolute Gasteiger partial charge is 0.274 e. The van der Waals surface area contributed by atoms with Crippen molar-refractivity contribution in [2.75, 3.05) is 25.1 Å². The fourth-order valence-corrected chi connectivity index (χ4v) is 1.66. The zero-order valence-electron chi connectivity index (χ0n) is 9.72. The van der Waals surface area contributed by atoms with Crippen LogP contribution in [0.15, 0.2) is 12.1 Å². The average molecular weight is 250 g/mol. The lowest BCUT2D eigenvalue weighted by atomic mass is 10.3. The lowest BCUT2D eigenvalue weighted by molar-refractivity contribution is -0.120. The molecule has 0 saturated carbocycles. The van der Waals surface area contributed by atoms with Crippen molar-refractivity contribution in [2.24, 2.45) is 5.84 Å². The maximum Gasteiger partial charge on any atom is 0.274 e. The third kappa shape index (κ3) is 2.72. The van der Waals surface area contributed by atoms with Crippen LogP contribution in [0.1, 0.15) is 16.9 Å². The lowest BCUT2D eigenvalue weighted by Gasteiger charge is -2.18. The van der Waals surface area contributed by atoms with E-state index in [4.69, 9.17) is 5.84 Å². The molecule has 1 aromatic rings. The van der Waals surface area contributed by atoms with E-state index in [0.717, 1.165) is 0 Å². The summed E-state index contributed by atoms with van der Waals surface area (Å²) in [5, 5.41) is 10.2. The maximum absolute atomic E-state index is 12.1. The van der Waals surface area contributed by atoms with Crippen LogP contribution < -0.4 is 16.6 Å². The third-order valence-electron chi connectivity index (χ3n) is 2.63. The molecule has 0 spiro atoms. The molecule has 0 aliphatic carbocycles. The number of carbonyl (C=O) groups excluding carboxylic acids is 2. The van der Waals surface area contributed by atoms with Gasteiger partial charge in [0.1, 0.15) is 0 Å². The molecule has 8 nitrogen and oxygen atoms in total. The second kappa shape index (κ2) is 5.41. The molecule has 1 fully saturated rings. The molecule has 96 valence electrons. The first-order valence-electron chi connectivity index (χ1n) is 5.57. The summed E-state index contributed by atoms with van der Waals surface area (Å²) in [6, 6.07) is 3.12. The van der Waals surface area contributed by atoms with Crippen molar-refractivity contribution >= 4 is 17.6 Å². The van der Waals surface area contributed by atoms with E-state index in [1.54, 1.807) is 17.0 Å². The molecule has 2 amide bonds. The van der Waals surface area contributed by atoms with Crippen LogP contribution in [-0.2, 0) is 4.79 Å². The summed E-state index contributed by atoms with van der Waals surface area (Å²) >= 11 is 0. The number of nitrogens with zero attached hydrogens (tertiary/aromatic N) is 3. The van der Waals surface area contributed by atoms with Gasteiger partial charge in [-0.25, -0.2) is 5.84 Å². The summed E-state index contributed by atoms with van der Waals surface area (Å²) in [5.41, 5.74) is 2.57. The van der Waals surface area contributed by atoms with Crippen LogP contribution in [-0.4, -0.2) is 46.5 Å². The molecule has 4 N–H and O–H groups in total. The molecule has 1 aromatic heterocycles. The number of nitrogen functional groups attached to an aromatic ring is 1. The third-order valence-corrected chi connectivity index (χ3v) is 2.63. The summed E-state index contributed by atoms with van der Waals surface area (Å²) in [7, 11) is 0. The Bertz CT molecular complexity index is 446. The SMILES string of the molecule is NNc1ccc(C(=O)N2CCNC(=O)CC2)nn1. The highest BCUT2D eigenvalue weighted by Gasteiger charge is 2.20. The number of hydrazine groups is 1. The van der Waals surface area contributed by atoms with Gasteiger partial charge in [-0.05, 0) is 12.1 Å². The maximum atomic E-state index is 12.1. The molecule has 1 aliphatic rings. The van der Waals surface area contributed by atoms with Crippen molar-refractivity contribution in [3.63, 3.8) is 0 Å². The number of rotatable bonds is 2. The monoisotopic (exact) mass is 250 g/mol. The highest BCUT2D eigenvalue weighted by molar-refractivity contribution is 5.92. The first kappa shape index (κ1) is 12.2. The zero-order valence-corrected chi connectivity index (χ0v) is 9.72. The summed E-state index contributed by atoms with van der Waals surface area (Å²) in [5.74, 6) is 5.27. The number of hydrogen-bond acceptors (Lipinski definition) is 6. The minimum absolute atomic E-state index is 0.0425. The first-order valence-corrected chi connectivity index (χ1v) is 5.57. The molecular formula is C10H14N6O2. The number of hydrogen-bond donors (Lipinski definition) is 3. The van der Waals surface area contributed by atoms with Gasteiger partial charge < -0.3 is 15.6 Å². The first-order chi connectivity index (χ1) is 8.70. The molecule has 1 saturated heterocycles. The molecule has 0 radical (unpaired) electrons. The molecule has 0 bridgehead atoms. The van der Waals surface area contributed by atoms with E-state index in [0.29, 0.717) is 31.9 Å². The largest absolute Gasteiger partial charge is 0.354 e. The Labute approximate surface area is 104 Å².